The fourth-order valence-corrected chi connectivity index (χ4v) is 2.61. The molecule has 0 spiro atoms. The van der Waals surface area contributed by atoms with Crippen molar-refractivity contribution >= 4 is 27.8 Å². The van der Waals surface area contributed by atoms with Crippen LogP contribution < -0.4 is 4.90 Å². The average molecular weight is 424 g/mol. The summed E-state index contributed by atoms with van der Waals surface area (Å²) >= 11 is 3.24. The van der Waals surface area contributed by atoms with Crippen LogP contribution >= 0.6 is 15.9 Å². The van der Waals surface area contributed by atoms with Crippen LogP contribution in [-0.4, -0.2) is 28.4 Å². The minimum Gasteiger partial charge on any atom is -0.443 e. The fourth-order valence-electron chi connectivity index (χ4n) is 2.40. The van der Waals surface area contributed by atoms with Crippen molar-refractivity contribution in [3.63, 3.8) is 0 Å². The highest BCUT2D eigenvalue weighted by Gasteiger charge is 2.31. The third kappa shape index (κ3) is 5.49. The number of aromatic nitrogens is 2. The van der Waals surface area contributed by atoms with Gasteiger partial charge in [0, 0.05) is 12.0 Å². The van der Waals surface area contributed by atoms with Gasteiger partial charge in [-0.3, -0.25) is 4.90 Å². The molecule has 0 aliphatic heterocycles. The Kier molecular flexibility index (Phi) is 6.01. The van der Waals surface area contributed by atoms with E-state index in [9.17, 15) is 9.18 Å². The van der Waals surface area contributed by atoms with Gasteiger partial charge in [0.1, 0.15) is 16.0 Å². The van der Waals surface area contributed by atoms with Crippen molar-refractivity contribution in [1.82, 2.24) is 10.2 Å². The molecule has 2 aromatic rings. The summed E-state index contributed by atoms with van der Waals surface area (Å²) in [5.74, 6) is 0.0879. The quantitative estimate of drug-likeness (QED) is 0.686. The maximum absolute atomic E-state index is 13.2. The first-order valence-corrected chi connectivity index (χ1v) is 9.03. The molecule has 0 unspecified atom stereocenters. The van der Waals surface area contributed by atoms with E-state index in [-0.39, 0.29) is 5.82 Å². The maximum atomic E-state index is 13.2. The predicted octanol–water partition coefficient (Wildman–Crippen LogP) is 5.10. The highest BCUT2D eigenvalue weighted by atomic mass is 79.9. The number of carbonyl (C=O) groups excluding carboxylic acids is 1. The molecule has 0 saturated carbocycles. The summed E-state index contributed by atoms with van der Waals surface area (Å²) in [5, 5.41) is 8.05. The summed E-state index contributed by atoms with van der Waals surface area (Å²) in [6.07, 6.45) is -0.510. The number of rotatable bonds is 4. The molecule has 1 aromatic heterocycles. The normalized spacial score (nSPS) is 12.0. The van der Waals surface area contributed by atoms with Gasteiger partial charge in [0.25, 0.3) is 0 Å². The zero-order valence-electron chi connectivity index (χ0n) is 15.6. The first-order valence-electron chi connectivity index (χ1n) is 8.24. The molecule has 1 heterocycles. The zero-order chi connectivity index (χ0) is 19.5. The molecule has 140 valence electrons. The lowest BCUT2D eigenvalue weighted by Crippen LogP contribution is -2.44. The van der Waals surface area contributed by atoms with Gasteiger partial charge in [0.05, 0.1) is 0 Å². The van der Waals surface area contributed by atoms with Gasteiger partial charge in [-0.05, 0) is 66.5 Å². The molecule has 1 amide bonds. The summed E-state index contributed by atoms with van der Waals surface area (Å²) in [6.45, 7) is 9.67. The first kappa shape index (κ1) is 20.3. The molecule has 0 atom stereocenters. The zero-order valence-corrected chi connectivity index (χ0v) is 17.2. The van der Waals surface area contributed by atoms with E-state index < -0.39 is 17.1 Å². The van der Waals surface area contributed by atoms with Crippen molar-refractivity contribution in [2.24, 2.45) is 0 Å². The standard InChI is InChI=1S/C19H23BrFN3O2/c1-18(2,3)26-17(25)24(16-11-10-15(20)22-23-16)12-19(4,5)13-6-8-14(21)9-7-13/h6-11H,12H2,1-5H3. The molecule has 0 aliphatic rings. The smallest absolute Gasteiger partial charge is 0.416 e. The molecule has 7 heteroatoms. The Morgan fingerprint density at radius 3 is 2.19 bits per heavy atom. The number of amides is 1. The van der Waals surface area contributed by atoms with E-state index in [1.54, 1.807) is 45.0 Å². The Labute approximate surface area is 161 Å². The number of hydrogen-bond donors (Lipinski definition) is 0. The summed E-state index contributed by atoms with van der Waals surface area (Å²) < 4.78 is 19.4. The highest BCUT2D eigenvalue weighted by Crippen LogP contribution is 2.28. The number of carbonyl (C=O) groups is 1. The van der Waals surface area contributed by atoms with E-state index >= 15 is 0 Å². The Balaban J connectivity index is 2.35. The Hall–Kier alpha value is -2.02. The van der Waals surface area contributed by atoms with Crippen LogP contribution in [0.1, 0.15) is 40.2 Å². The van der Waals surface area contributed by atoms with E-state index in [0.717, 1.165) is 5.56 Å². The molecule has 0 saturated heterocycles. The SMILES string of the molecule is CC(C)(C)OC(=O)N(CC(C)(C)c1ccc(F)cc1)c1ccc(Br)nn1. The van der Waals surface area contributed by atoms with Gasteiger partial charge in [-0.15, -0.1) is 10.2 Å². The number of hydrogen-bond acceptors (Lipinski definition) is 4. The number of anilines is 1. The van der Waals surface area contributed by atoms with Crippen molar-refractivity contribution in [2.75, 3.05) is 11.4 Å². The van der Waals surface area contributed by atoms with Gasteiger partial charge in [-0.25, -0.2) is 9.18 Å². The van der Waals surface area contributed by atoms with E-state index in [2.05, 4.69) is 26.1 Å². The molecule has 2 rings (SSSR count). The van der Waals surface area contributed by atoms with Crippen LogP contribution in [0, 0.1) is 5.82 Å². The van der Waals surface area contributed by atoms with Crippen LogP contribution in [0.5, 0.6) is 0 Å². The van der Waals surface area contributed by atoms with Crippen LogP contribution in [0.15, 0.2) is 41.0 Å². The summed E-state index contributed by atoms with van der Waals surface area (Å²) in [4.78, 5) is 14.2. The third-order valence-electron chi connectivity index (χ3n) is 3.69. The molecular weight excluding hydrogens is 401 g/mol. The number of benzene rings is 1. The Bertz CT molecular complexity index is 756. The molecule has 26 heavy (non-hydrogen) atoms. The van der Waals surface area contributed by atoms with Crippen LogP contribution in [0.2, 0.25) is 0 Å². The second kappa shape index (κ2) is 7.70. The predicted molar refractivity (Wildman–Crippen MR) is 103 cm³/mol. The maximum Gasteiger partial charge on any atom is 0.416 e. The van der Waals surface area contributed by atoms with Gasteiger partial charge < -0.3 is 4.74 Å². The molecule has 0 N–H and O–H groups in total. The molecule has 5 nitrogen and oxygen atoms in total. The van der Waals surface area contributed by atoms with E-state index in [1.165, 1.54) is 17.0 Å². The molecule has 0 aliphatic carbocycles. The van der Waals surface area contributed by atoms with Gasteiger partial charge in [-0.1, -0.05) is 26.0 Å². The lowest BCUT2D eigenvalue weighted by Gasteiger charge is -2.33. The largest absolute Gasteiger partial charge is 0.443 e. The lowest BCUT2D eigenvalue weighted by atomic mass is 9.84. The second-order valence-electron chi connectivity index (χ2n) is 7.67. The number of halogens is 2. The van der Waals surface area contributed by atoms with Crippen molar-refractivity contribution in [3.05, 3.63) is 52.4 Å². The monoisotopic (exact) mass is 423 g/mol. The Morgan fingerprint density at radius 2 is 1.69 bits per heavy atom. The van der Waals surface area contributed by atoms with E-state index in [0.29, 0.717) is 17.0 Å². The summed E-state index contributed by atoms with van der Waals surface area (Å²) in [6, 6.07) is 9.67. The average Bonchev–Trinajstić information content (AvgIpc) is 2.52. The first-order chi connectivity index (χ1) is 12.0. The number of nitrogens with zero attached hydrogens (tertiary/aromatic N) is 3. The highest BCUT2D eigenvalue weighted by molar-refractivity contribution is 9.10. The minimum absolute atomic E-state index is 0.295. The number of ether oxygens (including phenoxy) is 1. The van der Waals surface area contributed by atoms with Crippen LogP contribution in [-0.2, 0) is 10.2 Å². The molecule has 0 fully saturated rings. The third-order valence-corrected chi connectivity index (χ3v) is 4.11. The Morgan fingerprint density at radius 1 is 1.08 bits per heavy atom. The van der Waals surface area contributed by atoms with E-state index in [4.69, 9.17) is 4.74 Å². The fraction of sp³-hybridized carbons (Fsp3) is 0.421. The molecule has 0 bridgehead atoms. The van der Waals surface area contributed by atoms with Crippen molar-refractivity contribution < 1.29 is 13.9 Å². The molecule has 0 radical (unpaired) electrons. The van der Waals surface area contributed by atoms with Gasteiger partial charge >= 0.3 is 6.09 Å². The van der Waals surface area contributed by atoms with Crippen molar-refractivity contribution in [2.45, 2.75) is 45.6 Å². The summed E-state index contributed by atoms with van der Waals surface area (Å²) in [5.41, 5.74) is -0.199. The molecule has 1 aromatic carbocycles. The minimum atomic E-state index is -0.641. The van der Waals surface area contributed by atoms with Gasteiger partial charge in [0.2, 0.25) is 0 Å². The topological polar surface area (TPSA) is 55.3 Å². The molecular formula is C19H23BrFN3O2. The summed E-state index contributed by atoms with van der Waals surface area (Å²) in [7, 11) is 0. The van der Waals surface area contributed by atoms with Crippen LogP contribution in [0.25, 0.3) is 0 Å². The van der Waals surface area contributed by atoms with Crippen LogP contribution in [0.3, 0.4) is 0 Å². The van der Waals surface area contributed by atoms with Gasteiger partial charge in [0.15, 0.2) is 5.82 Å². The van der Waals surface area contributed by atoms with Crippen molar-refractivity contribution in [3.8, 4) is 0 Å². The van der Waals surface area contributed by atoms with Gasteiger partial charge in [-0.2, -0.15) is 0 Å². The lowest BCUT2D eigenvalue weighted by molar-refractivity contribution is 0.0572. The van der Waals surface area contributed by atoms with E-state index in [1.807, 2.05) is 13.8 Å². The van der Waals surface area contributed by atoms with Crippen molar-refractivity contribution in [1.29, 1.82) is 0 Å². The second-order valence-corrected chi connectivity index (χ2v) is 8.48. The van der Waals surface area contributed by atoms with Crippen LogP contribution in [0.4, 0.5) is 15.0 Å².